The van der Waals surface area contributed by atoms with Gasteiger partial charge in [0.2, 0.25) is 0 Å². The van der Waals surface area contributed by atoms with Crippen LogP contribution in [0.4, 0.5) is 9.59 Å². The zero-order valence-electron chi connectivity index (χ0n) is 29.7. The Balaban J connectivity index is 0.895. The molecule has 280 valence electrons. The van der Waals surface area contributed by atoms with Gasteiger partial charge in [-0.1, -0.05) is 109 Å². The van der Waals surface area contributed by atoms with Crippen molar-refractivity contribution in [2.24, 2.45) is 0 Å². The summed E-state index contributed by atoms with van der Waals surface area (Å²) in [6, 6.07) is 40.7. The number of alkyl carbamates (subject to hydrolysis) is 2. The number of ether oxygens (including phenoxy) is 2. The third-order valence-corrected chi connectivity index (χ3v) is 10.3. The Kier molecular flexibility index (Phi) is 10.6. The minimum Gasteiger partial charge on any atom is -0.504 e. The van der Waals surface area contributed by atoms with E-state index in [-0.39, 0.29) is 24.7 Å². The van der Waals surface area contributed by atoms with Crippen molar-refractivity contribution in [2.45, 2.75) is 13.2 Å². The average molecular weight is 884 g/mol. The maximum atomic E-state index is 12.5. The minimum absolute atomic E-state index is 0.0102. The summed E-state index contributed by atoms with van der Waals surface area (Å²) in [5, 5.41) is 23.4. The van der Waals surface area contributed by atoms with Gasteiger partial charge in [0.05, 0.1) is 42.8 Å². The highest BCUT2D eigenvalue weighted by Crippen LogP contribution is 2.38. The van der Waals surface area contributed by atoms with E-state index in [4.69, 9.17) is 29.4 Å². The summed E-state index contributed by atoms with van der Waals surface area (Å²) in [7, 11) is 0. The van der Waals surface area contributed by atoms with Crippen LogP contribution in [-0.4, -0.2) is 42.3 Å². The van der Waals surface area contributed by atoms with E-state index in [1.165, 1.54) is 0 Å². The molecule has 2 heterocycles. The van der Waals surface area contributed by atoms with E-state index in [1.54, 1.807) is 48.5 Å². The molecule has 3 N–H and O–H groups in total. The number of carbonyl (C=O) groups excluding carboxylic acids is 2. The Labute approximate surface area is 342 Å². The molecule has 6 aromatic carbocycles. The first-order valence-electron chi connectivity index (χ1n) is 17.5. The van der Waals surface area contributed by atoms with Crippen molar-refractivity contribution >= 4 is 66.1 Å². The first-order valence-corrected chi connectivity index (χ1v) is 19.1. The van der Waals surface area contributed by atoms with Gasteiger partial charge in [-0.15, -0.1) is 0 Å². The summed E-state index contributed by atoms with van der Waals surface area (Å²) in [6.45, 7) is -0.200. The van der Waals surface area contributed by atoms with Crippen molar-refractivity contribution < 1.29 is 29.3 Å². The lowest BCUT2D eigenvalue weighted by molar-refractivity contribution is 0.117. The molecule has 2 amide bonds. The number of nitrogens with one attached hydrogen (secondary N) is 1. The SMILES string of the molecule is O=C(NC(=O)OCc1ccc(-c2nc3ccc(Br)c(O)c3nc2-c2ccccc2)cc1)OCc1ccc(-c2nc3ccc(Br)c(O)c3nc2-c2ccccc2)cc1. The van der Waals surface area contributed by atoms with Crippen LogP contribution in [0.25, 0.3) is 67.1 Å². The van der Waals surface area contributed by atoms with Crippen LogP contribution in [0.5, 0.6) is 11.5 Å². The number of phenolic OH excluding ortho intramolecular Hbond substituents is 2. The highest BCUT2D eigenvalue weighted by atomic mass is 79.9. The third-order valence-electron chi connectivity index (χ3n) is 9.01. The van der Waals surface area contributed by atoms with E-state index < -0.39 is 12.2 Å². The standard InChI is InChI=1S/C44H29Br2N5O6/c45-31-19-21-33-39(41(31)52)49-37(27-7-3-1-4-8-27)35(47-33)29-15-11-25(12-16-29)23-56-43(54)51-44(55)57-24-26-13-17-30(18-14-26)36-38(28-9-5-2-6-10-28)50-40-34(48-36)22-20-32(46)42(40)53/h1-22,52-53H,23-24H2,(H,51,54,55). The molecule has 0 bridgehead atoms. The second-order valence-electron chi connectivity index (χ2n) is 12.8. The topological polar surface area (TPSA) is 157 Å². The molecule has 0 aliphatic carbocycles. The van der Waals surface area contributed by atoms with Crippen LogP contribution in [0.2, 0.25) is 0 Å². The van der Waals surface area contributed by atoms with Crippen molar-refractivity contribution in [3.05, 3.63) is 154 Å². The number of aromatic hydroxyl groups is 2. The van der Waals surface area contributed by atoms with E-state index >= 15 is 0 Å². The van der Waals surface area contributed by atoms with Gasteiger partial charge < -0.3 is 19.7 Å². The number of amides is 2. The van der Waals surface area contributed by atoms with Gasteiger partial charge >= 0.3 is 12.2 Å². The molecule has 8 rings (SSSR count). The molecule has 0 unspecified atom stereocenters. The predicted molar refractivity (Wildman–Crippen MR) is 223 cm³/mol. The fraction of sp³-hybridized carbons (Fsp3) is 0.0455. The molecule has 57 heavy (non-hydrogen) atoms. The minimum atomic E-state index is -0.960. The fourth-order valence-corrected chi connectivity index (χ4v) is 6.77. The van der Waals surface area contributed by atoms with E-state index in [1.807, 2.05) is 84.9 Å². The van der Waals surface area contributed by atoms with Gasteiger partial charge in [0, 0.05) is 22.3 Å². The van der Waals surface area contributed by atoms with Crippen molar-refractivity contribution in [1.82, 2.24) is 25.3 Å². The summed E-state index contributed by atoms with van der Waals surface area (Å²) in [5.41, 5.74) is 8.80. The van der Waals surface area contributed by atoms with E-state index in [9.17, 15) is 19.8 Å². The number of fused-ring (bicyclic) bond motifs is 2. The number of phenols is 2. The lowest BCUT2D eigenvalue weighted by Crippen LogP contribution is -2.31. The number of nitrogens with zero attached hydrogens (tertiary/aromatic N) is 4. The van der Waals surface area contributed by atoms with Gasteiger partial charge in [0.25, 0.3) is 0 Å². The molecule has 0 spiro atoms. The molecule has 2 aromatic heterocycles. The van der Waals surface area contributed by atoms with Crippen LogP contribution < -0.4 is 5.32 Å². The summed E-state index contributed by atoms with van der Waals surface area (Å²) < 4.78 is 11.6. The quantitative estimate of drug-likeness (QED) is 0.134. The Morgan fingerprint density at radius 3 is 1.21 bits per heavy atom. The molecule has 0 aliphatic heterocycles. The summed E-state index contributed by atoms with van der Waals surface area (Å²) in [6.07, 6.45) is -1.92. The molecule has 0 radical (unpaired) electrons. The van der Waals surface area contributed by atoms with Crippen molar-refractivity contribution in [3.8, 4) is 56.5 Å². The highest BCUT2D eigenvalue weighted by Gasteiger charge is 2.19. The smallest absolute Gasteiger partial charge is 0.416 e. The number of halogens is 2. The number of aromatic nitrogens is 4. The second kappa shape index (κ2) is 16.2. The summed E-state index contributed by atoms with van der Waals surface area (Å²) >= 11 is 6.71. The van der Waals surface area contributed by atoms with Gasteiger partial charge in [-0.05, 0) is 67.3 Å². The zero-order valence-corrected chi connectivity index (χ0v) is 32.9. The molecule has 0 fully saturated rings. The average Bonchev–Trinajstić information content (AvgIpc) is 3.25. The molecular formula is C44H29Br2N5O6. The lowest BCUT2D eigenvalue weighted by Gasteiger charge is -2.13. The van der Waals surface area contributed by atoms with E-state index in [0.717, 1.165) is 22.3 Å². The zero-order chi connectivity index (χ0) is 39.5. The number of imide groups is 1. The first kappa shape index (κ1) is 37.2. The summed E-state index contributed by atoms with van der Waals surface area (Å²) in [4.78, 5) is 44.2. The maximum Gasteiger partial charge on any atom is 0.416 e. The van der Waals surface area contributed by atoms with Gasteiger partial charge in [0.1, 0.15) is 24.2 Å². The molecule has 0 atom stereocenters. The molecule has 13 heteroatoms. The van der Waals surface area contributed by atoms with Gasteiger partial charge in [0.15, 0.2) is 11.5 Å². The van der Waals surface area contributed by atoms with E-state index in [2.05, 4.69) is 37.2 Å². The van der Waals surface area contributed by atoms with Crippen LogP contribution in [0, 0.1) is 0 Å². The number of benzene rings is 6. The van der Waals surface area contributed by atoms with E-state index in [0.29, 0.717) is 64.9 Å². The fourth-order valence-electron chi connectivity index (χ4n) is 6.13. The molecular weight excluding hydrogens is 854 g/mol. The Hall–Kier alpha value is -6.70. The van der Waals surface area contributed by atoms with Crippen molar-refractivity contribution in [1.29, 1.82) is 0 Å². The molecule has 0 saturated carbocycles. The molecule has 8 aromatic rings. The number of hydrogen-bond acceptors (Lipinski definition) is 10. The third kappa shape index (κ3) is 8.02. The Morgan fingerprint density at radius 2 is 0.825 bits per heavy atom. The Morgan fingerprint density at radius 1 is 0.474 bits per heavy atom. The van der Waals surface area contributed by atoms with Crippen LogP contribution in [0.15, 0.2) is 142 Å². The Bertz CT molecular complexity index is 2600. The normalized spacial score (nSPS) is 11.1. The largest absolute Gasteiger partial charge is 0.504 e. The lowest BCUT2D eigenvalue weighted by atomic mass is 10.0. The number of hydrogen-bond donors (Lipinski definition) is 3. The number of rotatable bonds is 8. The van der Waals surface area contributed by atoms with Crippen molar-refractivity contribution in [2.75, 3.05) is 0 Å². The van der Waals surface area contributed by atoms with Crippen molar-refractivity contribution in [3.63, 3.8) is 0 Å². The van der Waals surface area contributed by atoms with Crippen LogP contribution in [0.3, 0.4) is 0 Å². The van der Waals surface area contributed by atoms with Gasteiger partial charge in [-0.3, -0.25) is 0 Å². The van der Waals surface area contributed by atoms with Crippen LogP contribution in [0.1, 0.15) is 11.1 Å². The number of carbonyl (C=O) groups is 2. The van der Waals surface area contributed by atoms with Crippen LogP contribution in [-0.2, 0) is 22.7 Å². The van der Waals surface area contributed by atoms with Gasteiger partial charge in [-0.2, -0.15) is 0 Å². The van der Waals surface area contributed by atoms with Gasteiger partial charge in [-0.25, -0.2) is 34.8 Å². The highest BCUT2D eigenvalue weighted by molar-refractivity contribution is 9.11. The maximum absolute atomic E-state index is 12.5. The van der Waals surface area contributed by atoms with Crippen LogP contribution >= 0.6 is 31.9 Å². The molecule has 0 aliphatic rings. The first-order chi connectivity index (χ1) is 27.7. The predicted octanol–water partition coefficient (Wildman–Crippen LogP) is 10.7. The summed E-state index contributed by atoms with van der Waals surface area (Å²) in [5.74, 6) is 0.0204. The molecule has 0 saturated heterocycles. The monoisotopic (exact) mass is 881 g/mol. The molecule has 11 nitrogen and oxygen atoms in total. The second-order valence-corrected chi connectivity index (χ2v) is 14.5.